The summed E-state index contributed by atoms with van der Waals surface area (Å²) in [4.78, 5) is 38.2. The van der Waals surface area contributed by atoms with E-state index in [0.29, 0.717) is 13.1 Å². The molecule has 0 bridgehead atoms. The molecule has 8 nitrogen and oxygen atoms in total. The third-order valence-corrected chi connectivity index (χ3v) is 5.92. The van der Waals surface area contributed by atoms with Gasteiger partial charge in [0.25, 0.3) is 11.6 Å². The zero-order valence-electron chi connectivity index (χ0n) is 15.3. The van der Waals surface area contributed by atoms with E-state index in [4.69, 9.17) is 0 Å². The van der Waals surface area contributed by atoms with Gasteiger partial charge in [-0.3, -0.25) is 19.7 Å². The molecule has 3 heterocycles. The molecule has 3 saturated heterocycles. The monoisotopic (exact) mass is 396 g/mol. The fourth-order valence-corrected chi connectivity index (χ4v) is 4.77. The van der Waals surface area contributed by atoms with Gasteiger partial charge in [-0.1, -0.05) is 18.2 Å². The van der Waals surface area contributed by atoms with Crippen molar-refractivity contribution in [3.63, 3.8) is 0 Å². The van der Waals surface area contributed by atoms with Crippen LogP contribution in [0.15, 0.2) is 48.5 Å². The minimum Gasteiger partial charge on any atom is -0.274 e. The number of nitrogens with zero attached hydrogens (tertiary/aromatic N) is 4. The van der Waals surface area contributed by atoms with E-state index in [1.54, 1.807) is 12.1 Å². The smallest absolute Gasteiger partial charge is 0.271 e. The molecule has 0 unspecified atom stereocenters. The molecule has 2 aromatic rings. The summed E-state index contributed by atoms with van der Waals surface area (Å²) in [5, 5.41) is 15.1. The van der Waals surface area contributed by atoms with Crippen LogP contribution in [0.3, 0.4) is 0 Å². The number of benzene rings is 2. The van der Waals surface area contributed by atoms with Crippen LogP contribution >= 0.6 is 0 Å². The predicted octanol–water partition coefficient (Wildman–Crippen LogP) is 2.27. The molecule has 0 aromatic heterocycles. The molecule has 3 aliphatic rings. The van der Waals surface area contributed by atoms with Crippen LogP contribution in [0.5, 0.6) is 0 Å². The van der Waals surface area contributed by atoms with Crippen LogP contribution in [0, 0.1) is 21.8 Å². The van der Waals surface area contributed by atoms with E-state index in [0.717, 1.165) is 16.9 Å². The quantitative estimate of drug-likeness (QED) is 0.449. The van der Waals surface area contributed by atoms with Crippen LogP contribution in [0.2, 0.25) is 0 Å². The second-order valence-corrected chi connectivity index (χ2v) is 7.44. The van der Waals surface area contributed by atoms with Gasteiger partial charge in [-0.15, -0.1) is 0 Å². The molecule has 0 aliphatic carbocycles. The molecule has 148 valence electrons. The summed E-state index contributed by atoms with van der Waals surface area (Å²) in [7, 11) is 0. The SMILES string of the molecule is O=C1[C@@H]2[C@H](C(=O)N1c1cccc([N+](=O)[O-])c1)N1CCCN1[C@H]2c1ccc(F)cc1. The number of non-ortho nitro benzene ring substituents is 1. The van der Waals surface area contributed by atoms with Gasteiger partial charge >= 0.3 is 0 Å². The standard InChI is InChI=1S/C20H17FN4O4/c21-13-7-5-12(6-8-13)17-16-18(23-10-2-9-22(17)23)20(27)24(19(16)26)14-3-1-4-15(11-14)25(28)29/h1,3-8,11,16-18H,2,9-10H2/t16-,17-,18+/m0/s1. The molecule has 3 fully saturated rings. The first-order chi connectivity index (χ1) is 14.0. The van der Waals surface area contributed by atoms with Gasteiger partial charge in [-0.25, -0.2) is 19.3 Å². The van der Waals surface area contributed by atoms with E-state index in [1.807, 2.05) is 10.0 Å². The minimum absolute atomic E-state index is 0.182. The summed E-state index contributed by atoms with van der Waals surface area (Å²) in [5.74, 6) is -1.78. The number of nitro groups is 1. The topological polar surface area (TPSA) is 87.0 Å². The third kappa shape index (κ3) is 2.58. The molecule has 3 atom stereocenters. The van der Waals surface area contributed by atoms with Gasteiger partial charge in [0.2, 0.25) is 5.91 Å². The number of hydrogen-bond acceptors (Lipinski definition) is 6. The number of anilines is 1. The maximum Gasteiger partial charge on any atom is 0.271 e. The van der Waals surface area contributed by atoms with E-state index in [9.17, 15) is 24.1 Å². The second kappa shape index (κ2) is 6.43. The maximum absolute atomic E-state index is 13.4. The Morgan fingerprint density at radius 3 is 2.34 bits per heavy atom. The lowest BCUT2D eigenvalue weighted by atomic mass is 9.90. The fraction of sp³-hybridized carbons (Fsp3) is 0.300. The molecule has 0 saturated carbocycles. The normalized spacial score (nSPS) is 26.8. The Balaban J connectivity index is 1.57. The maximum atomic E-state index is 13.4. The lowest BCUT2D eigenvalue weighted by Crippen LogP contribution is -2.44. The van der Waals surface area contributed by atoms with Crippen molar-refractivity contribution >= 4 is 23.2 Å². The number of halogens is 1. The highest BCUT2D eigenvalue weighted by Gasteiger charge is 2.62. The van der Waals surface area contributed by atoms with E-state index in [2.05, 4.69) is 0 Å². The minimum atomic E-state index is -0.653. The Bertz CT molecular complexity index is 1030. The van der Waals surface area contributed by atoms with Crippen molar-refractivity contribution in [3.8, 4) is 0 Å². The van der Waals surface area contributed by atoms with Crippen molar-refractivity contribution in [2.75, 3.05) is 18.0 Å². The lowest BCUT2D eigenvalue weighted by Gasteiger charge is -2.29. The van der Waals surface area contributed by atoms with Gasteiger partial charge in [-0.05, 0) is 30.2 Å². The Kier molecular flexibility index (Phi) is 3.97. The van der Waals surface area contributed by atoms with Crippen LogP contribution < -0.4 is 4.90 Å². The highest BCUT2D eigenvalue weighted by atomic mass is 19.1. The number of nitro benzene ring substituents is 1. The van der Waals surface area contributed by atoms with Crippen molar-refractivity contribution in [2.24, 2.45) is 5.92 Å². The van der Waals surface area contributed by atoms with Gasteiger partial charge in [0.15, 0.2) is 0 Å². The highest BCUT2D eigenvalue weighted by Crippen LogP contribution is 2.49. The molecule has 29 heavy (non-hydrogen) atoms. The fourth-order valence-electron chi connectivity index (χ4n) is 4.77. The zero-order chi connectivity index (χ0) is 20.3. The van der Waals surface area contributed by atoms with Crippen LogP contribution in [0.25, 0.3) is 0 Å². The Hall–Kier alpha value is -3.17. The van der Waals surface area contributed by atoms with Crippen LogP contribution in [-0.4, -0.2) is 45.9 Å². The summed E-state index contributed by atoms with van der Waals surface area (Å²) < 4.78 is 13.4. The molecule has 9 heteroatoms. The van der Waals surface area contributed by atoms with E-state index in [-0.39, 0.29) is 35.0 Å². The summed E-state index contributed by atoms with van der Waals surface area (Å²) in [6, 6.07) is 10.5. The number of carbonyl (C=O) groups is 2. The van der Waals surface area contributed by atoms with E-state index >= 15 is 0 Å². The third-order valence-electron chi connectivity index (χ3n) is 5.92. The number of carbonyl (C=O) groups excluding carboxylic acids is 2. The predicted molar refractivity (Wildman–Crippen MR) is 100 cm³/mol. The highest BCUT2D eigenvalue weighted by molar-refractivity contribution is 6.24. The van der Waals surface area contributed by atoms with E-state index < -0.39 is 16.9 Å². The molecule has 0 radical (unpaired) electrons. The summed E-state index contributed by atoms with van der Waals surface area (Å²) in [6.07, 6.45) is 0.860. The van der Waals surface area contributed by atoms with E-state index in [1.165, 1.54) is 36.4 Å². The number of hydrazine groups is 1. The molecule has 2 aromatic carbocycles. The number of amides is 2. The molecule has 3 aliphatic heterocycles. The average Bonchev–Trinajstić information content (AvgIpc) is 3.35. The van der Waals surface area contributed by atoms with Gasteiger partial charge in [0, 0.05) is 25.2 Å². The van der Waals surface area contributed by atoms with Gasteiger partial charge in [0.1, 0.15) is 11.9 Å². The Morgan fingerprint density at radius 1 is 0.966 bits per heavy atom. The van der Waals surface area contributed by atoms with Crippen LogP contribution in [0.4, 0.5) is 15.8 Å². The van der Waals surface area contributed by atoms with Crippen molar-refractivity contribution in [1.29, 1.82) is 0 Å². The Morgan fingerprint density at radius 2 is 1.66 bits per heavy atom. The first-order valence-electron chi connectivity index (χ1n) is 9.38. The first kappa shape index (κ1) is 17.9. The number of imide groups is 1. The largest absolute Gasteiger partial charge is 0.274 e. The lowest BCUT2D eigenvalue weighted by molar-refractivity contribution is -0.384. The van der Waals surface area contributed by atoms with Gasteiger partial charge in [0.05, 0.1) is 22.6 Å². The van der Waals surface area contributed by atoms with Crippen molar-refractivity contribution < 1.29 is 18.9 Å². The van der Waals surface area contributed by atoms with Crippen LogP contribution in [-0.2, 0) is 9.59 Å². The summed E-state index contributed by atoms with van der Waals surface area (Å²) >= 11 is 0. The second-order valence-electron chi connectivity index (χ2n) is 7.44. The molecule has 5 rings (SSSR count). The number of rotatable bonds is 3. The van der Waals surface area contributed by atoms with Gasteiger partial charge in [-0.2, -0.15) is 0 Å². The molecule has 2 amide bonds. The van der Waals surface area contributed by atoms with Crippen molar-refractivity contribution in [2.45, 2.75) is 18.5 Å². The Labute approximate surface area is 165 Å². The summed E-state index contributed by atoms with van der Waals surface area (Å²) in [5.41, 5.74) is 0.790. The molecule has 0 N–H and O–H groups in total. The van der Waals surface area contributed by atoms with Crippen molar-refractivity contribution in [1.82, 2.24) is 10.0 Å². The van der Waals surface area contributed by atoms with Crippen LogP contribution in [0.1, 0.15) is 18.0 Å². The van der Waals surface area contributed by atoms with Gasteiger partial charge < -0.3 is 0 Å². The number of fused-ring (bicyclic) bond motifs is 3. The first-order valence-corrected chi connectivity index (χ1v) is 9.38. The zero-order valence-corrected chi connectivity index (χ0v) is 15.3. The van der Waals surface area contributed by atoms with Crippen molar-refractivity contribution in [3.05, 3.63) is 70.0 Å². The molecule has 0 spiro atoms. The number of hydrogen-bond donors (Lipinski definition) is 0. The summed E-state index contributed by atoms with van der Waals surface area (Å²) in [6.45, 7) is 1.37. The average molecular weight is 396 g/mol. The molecular weight excluding hydrogens is 379 g/mol. The molecular formula is C20H17FN4O4.